The molecule has 3 N–H and O–H groups in total. The van der Waals surface area contributed by atoms with Crippen LogP contribution in [0.3, 0.4) is 0 Å². The van der Waals surface area contributed by atoms with Crippen LogP contribution < -0.4 is 5.73 Å². The van der Waals surface area contributed by atoms with Gasteiger partial charge in [-0.15, -0.1) is 0 Å². The fraction of sp³-hybridized carbons (Fsp3) is 0.500. The van der Waals surface area contributed by atoms with Crippen molar-refractivity contribution in [3.63, 3.8) is 0 Å². The second kappa shape index (κ2) is 5.76. The van der Waals surface area contributed by atoms with E-state index in [1.165, 1.54) is 11.3 Å². The van der Waals surface area contributed by atoms with Crippen LogP contribution in [0.25, 0.3) is 0 Å². The van der Waals surface area contributed by atoms with Gasteiger partial charge in [0, 0.05) is 35.7 Å². The molecular formula is C14H21N3S. The number of hydrogen-bond acceptors (Lipinski definition) is 3. The van der Waals surface area contributed by atoms with E-state index >= 15 is 0 Å². The van der Waals surface area contributed by atoms with Crippen molar-refractivity contribution in [1.82, 2.24) is 4.90 Å². The summed E-state index contributed by atoms with van der Waals surface area (Å²) in [6, 6.07) is 8.65. The molecule has 0 radical (unpaired) electrons. The molecule has 1 aromatic rings. The minimum atomic E-state index is 0.137. The summed E-state index contributed by atoms with van der Waals surface area (Å²) in [4.78, 5) is 2.53. The number of nitrogens with two attached hydrogens (primary N) is 1. The highest BCUT2D eigenvalue weighted by atomic mass is 32.2. The van der Waals surface area contributed by atoms with Crippen LogP contribution in [-0.2, 0) is 6.54 Å². The van der Waals surface area contributed by atoms with Crippen molar-refractivity contribution >= 4 is 17.6 Å². The quantitative estimate of drug-likeness (QED) is 0.650. The standard InChI is InChI=1S/C14H21N3S/c1-10-11(2)18-8-7-17(10)9-12-3-5-13(6-4-12)14(15)16/h3-6,10-11H,7-9H2,1-2H3,(H3,15,16). The first-order valence-corrected chi connectivity index (χ1v) is 7.42. The first kappa shape index (κ1) is 13.4. The maximum absolute atomic E-state index is 7.38. The largest absolute Gasteiger partial charge is 0.384 e. The lowest BCUT2D eigenvalue weighted by atomic mass is 10.1. The molecule has 2 unspecified atom stereocenters. The van der Waals surface area contributed by atoms with Gasteiger partial charge in [0.2, 0.25) is 0 Å². The highest BCUT2D eigenvalue weighted by Crippen LogP contribution is 2.25. The van der Waals surface area contributed by atoms with Crippen LogP contribution in [0, 0.1) is 5.41 Å². The number of nitrogens with zero attached hydrogens (tertiary/aromatic N) is 1. The summed E-state index contributed by atoms with van der Waals surface area (Å²) in [6.07, 6.45) is 0. The molecule has 1 saturated heterocycles. The summed E-state index contributed by atoms with van der Waals surface area (Å²) in [5.41, 5.74) is 7.56. The lowest BCUT2D eigenvalue weighted by molar-refractivity contribution is 0.204. The zero-order valence-corrected chi connectivity index (χ0v) is 11.8. The van der Waals surface area contributed by atoms with E-state index in [1.54, 1.807) is 0 Å². The second-order valence-corrected chi connectivity index (χ2v) is 6.38. The first-order chi connectivity index (χ1) is 8.58. The van der Waals surface area contributed by atoms with Crippen molar-refractivity contribution < 1.29 is 0 Å². The smallest absolute Gasteiger partial charge is 0.122 e. The van der Waals surface area contributed by atoms with E-state index in [-0.39, 0.29) is 5.84 Å². The predicted molar refractivity (Wildman–Crippen MR) is 79.3 cm³/mol. The van der Waals surface area contributed by atoms with Gasteiger partial charge in [-0.2, -0.15) is 11.8 Å². The van der Waals surface area contributed by atoms with Gasteiger partial charge in [0.1, 0.15) is 5.84 Å². The van der Waals surface area contributed by atoms with Gasteiger partial charge in [-0.3, -0.25) is 10.3 Å². The Labute approximate surface area is 113 Å². The number of rotatable bonds is 3. The Morgan fingerprint density at radius 3 is 2.67 bits per heavy atom. The second-order valence-electron chi connectivity index (χ2n) is 4.90. The summed E-state index contributed by atoms with van der Waals surface area (Å²) in [5.74, 6) is 1.36. The monoisotopic (exact) mass is 263 g/mol. The molecule has 1 aliphatic rings. The van der Waals surface area contributed by atoms with Gasteiger partial charge in [0.15, 0.2) is 0 Å². The third-order valence-corrected chi connectivity index (χ3v) is 5.00. The molecule has 1 aliphatic heterocycles. The Morgan fingerprint density at radius 1 is 1.39 bits per heavy atom. The third-order valence-electron chi connectivity index (χ3n) is 3.67. The molecule has 0 aromatic heterocycles. The molecule has 0 spiro atoms. The van der Waals surface area contributed by atoms with E-state index in [9.17, 15) is 0 Å². The molecule has 3 nitrogen and oxygen atoms in total. The van der Waals surface area contributed by atoms with Crippen molar-refractivity contribution in [3.8, 4) is 0 Å². The van der Waals surface area contributed by atoms with Crippen LogP contribution >= 0.6 is 11.8 Å². The zero-order valence-electron chi connectivity index (χ0n) is 11.0. The number of hydrogen-bond donors (Lipinski definition) is 2. The minimum Gasteiger partial charge on any atom is -0.384 e. The fourth-order valence-electron chi connectivity index (χ4n) is 2.24. The van der Waals surface area contributed by atoms with E-state index in [0.29, 0.717) is 11.3 Å². The first-order valence-electron chi connectivity index (χ1n) is 6.37. The van der Waals surface area contributed by atoms with Crippen molar-refractivity contribution in [1.29, 1.82) is 5.41 Å². The van der Waals surface area contributed by atoms with Gasteiger partial charge in [-0.05, 0) is 12.5 Å². The summed E-state index contributed by atoms with van der Waals surface area (Å²) < 4.78 is 0. The fourth-order valence-corrected chi connectivity index (χ4v) is 3.41. The molecular weight excluding hydrogens is 242 g/mol. The average molecular weight is 263 g/mol. The van der Waals surface area contributed by atoms with Crippen molar-refractivity contribution in [3.05, 3.63) is 35.4 Å². The van der Waals surface area contributed by atoms with Gasteiger partial charge in [-0.1, -0.05) is 31.2 Å². The Bertz CT molecular complexity index is 416. The number of thioether (sulfide) groups is 1. The van der Waals surface area contributed by atoms with Gasteiger partial charge >= 0.3 is 0 Å². The Balaban J connectivity index is 2.02. The molecule has 1 aromatic carbocycles. The van der Waals surface area contributed by atoms with Crippen LogP contribution in [0.2, 0.25) is 0 Å². The molecule has 98 valence electrons. The summed E-state index contributed by atoms with van der Waals surface area (Å²) in [7, 11) is 0. The van der Waals surface area contributed by atoms with Gasteiger partial charge in [0.25, 0.3) is 0 Å². The molecule has 4 heteroatoms. The maximum Gasteiger partial charge on any atom is 0.122 e. The molecule has 1 heterocycles. The molecule has 2 atom stereocenters. The van der Waals surface area contributed by atoms with Crippen LogP contribution in [0.1, 0.15) is 25.0 Å². The van der Waals surface area contributed by atoms with Gasteiger partial charge < -0.3 is 5.73 Å². The molecule has 0 aliphatic carbocycles. The highest BCUT2D eigenvalue weighted by molar-refractivity contribution is 8.00. The van der Waals surface area contributed by atoms with Crippen LogP contribution in [0.15, 0.2) is 24.3 Å². The Hall–Kier alpha value is -1.00. The summed E-state index contributed by atoms with van der Waals surface area (Å²) >= 11 is 2.06. The van der Waals surface area contributed by atoms with E-state index in [0.717, 1.165) is 18.7 Å². The number of amidine groups is 1. The van der Waals surface area contributed by atoms with Crippen LogP contribution in [0.5, 0.6) is 0 Å². The van der Waals surface area contributed by atoms with E-state index in [1.807, 2.05) is 12.1 Å². The third kappa shape index (κ3) is 3.06. The number of benzene rings is 1. The maximum atomic E-state index is 7.38. The zero-order chi connectivity index (χ0) is 13.1. The van der Waals surface area contributed by atoms with E-state index in [4.69, 9.17) is 11.1 Å². The summed E-state index contributed by atoms with van der Waals surface area (Å²) in [5, 5.41) is 8.09. The van der Waals surface area contributed by atoms with Gasteiger partial charge in [0.05, 0.1) is 0 Å². The topological polar surface area (TPSA) is 53.1 Å². The minimum absolute atomic E-state index is 0.137. The SMILES string of the molecule is CC1SCCN(Cc2ccc(C(=N)N)cc2)C1C. The lowest BCUT2D eigenvalue weighted by Gasteiger charge is -2.37. The highest BCUT2D eigenvalue weighted by Gasteiger charge is 2.24. The van der Waals surface area contributed by atoms with Crippen molar-refractivity contribution in [2.75, 3.05) is 12.3 Å². The van der Waals surface area contributed by atoms with Crippen LogP contribution in [-0.4, -0.2) is 34.3 Å². The molecule has 1 fully saturated rings. The Kier molecular flexibility index (Phi) is 4.30. The molecule has 0 bridgehead atoms. The predicted octanol–water partition coefficient (Wildman–Crippen LogP) is 2.30. The van der Waals surface area contributed by atoms with Crippen molar-refractivity contribution in [2.24, 2.45) is 5.73 Å². The molecule has 0 saturated carbocycles. The van der Waals surface area contributed by atoms with Gasteiger partial charge in [-0.25, -0.2) is 0 Å². The van der Waals surface area contributed by atoms with E-state index in [2.05, 4.69) is 42.6 Å². The average Bonchev–Trinajstić information content (AvgIpc) is 2.36. The van der Waals surface area contributed by atoms with E-state index < -0.39 is 0 Å². The number of nitrogens with one attached hydrogen (secondary N) is 1. The molecule has 18 heavy (non-hydrogen) atoms. The molecule has 0 amide bonds. The lowest BCUT2D eigenvalue weighted by Crippen LogP contribution is -2.43. The van der Waals surface area contributed by atoms with Crippen molar-refractivity contribution in [2.45, 2.75) is 31.7 Å². The normalized spacial score (nSPS) is 25.0. The molecule has 2 rings (SSSR count). The number of nitrogen functional groups attached to an aromatic ring is 1. The summed E-state index contributed by atoms with van der Waals surface area (Å²) in [6.45, 7) is 6.76. The Morgan fingerprint density at radius 2 is 2.06 bits per heavy atom. The van der Waals surface area contributed by atoms with Crippen LogP contribution in [0.4, 0.5) is 0 Å².